The van der Waals surface area contributed by atoms with Gasteiger partial charge in [-0.15, -0.1) is 5.10 Å². The first-order chi connectivity index (χ1) is 18.8. The van der Waals surface area contributed by atoms with Crippen molar-refractivity contribution in [2.45, 2.75) is 58.5 Å². The molecule has 39 heavy (non-hydrogen) atoms. The minimum absolute atomic E-state index is 0.0362. The van der Waals surface area contributed by atoms with E-state index in [4.69, 9.17) is 5.10 Å². The topological polar surface area (TPSA) is 102 Å². The van der Waals surface area contributed by atoms with Gasteiger partial charge in [-0.2, -0.15) is 0 Å². The van der Waals surface area contributed by atoms with Crippen molar-refractivity contribution in [1.29, 1.82) is 0 Å². The maximum absolute atomic E-state index is 13.1. The Labute approximate surface area is 228 Å². The molecule has 1 amide bonds. The highest BCUT2D eigenvalue weighted by Crippen LogP contribution is 2.40. The van der Waals surface area contributed by atoms with Crippen molar-refractivity contribution >= 4 is 17.4 Å². The summed E-state index contributed by atoms with van der Waals surface area (Å²) in [5, 5.41) is 7.92. The highest BCUT2D eigenvalue weighted by molar-refractivity contribution is 5.95. The molecule has 204 valence electrons. The van der Waals surface area contributed by atoms with Crippen molar-refractivity contribution in [3.8, 4) is 0 Å². The number of pyridine rings is 1. The highest BCUT2D eigenvalue weighted by Gasteiger charge is 2.30. The molecule has 10 nitrogen and oxygen atoms in total. The Balaban J connectivity index is 0.000000455. The van der Waals surface area contributed by atoms with Crippen LogP contribution in [0.1, 0.15) is 60.8 Å². The number of allylic oxidation sites excluding steroid dienone is 2. The summed E-state index contributed by atoms with van der Waals surface area (Å²) in [5.74, 6) is 1.16. The molecule has 0 spiro atoms. The predicted octanol–water partition coefficient (Wildman–Crippen LogP) is 3.47. The molecule has 0 radical (unpaired) electrons. The van der Waals surface area contributed by atoms with Gasteiger partial charge >= 0.3 is 0 Å². The van der Waals surface area contributed by atoms with Gasteiger partial charge in [-0.25, -0.2) is 14.2 Å². The van der Waals surface area contributed by atoms with Crippen LogP contribution in [-0.2, 0) is 13.6 Å². The van der Waals surface area contributed by atoms with E-state index in [1.54, 1.807) is 21.8 Å². The third-order valence-electron chi connectivity index (χ3n) is 7.34. The summed E-state index contributed by atoms with van der Waals surface area (Å²) in [6, 6.07) is 9.67. The first kappa shape index (κ1) is 26.4. The smallest absolute Gasteiger partial charge is 0.280 e. The summed E-state index contributed by atoms with van der Waals surface area (Å²) >= 11 is 0. The molecule has 4 aromatic rings. The average Bonchev–Trinajstić information content (AvgIpc) is 3.44. The number of rotatable bonds is 6. The molecule has 5 heterocycles. The number of imidazole rings is 1. The van der Waals surface area contributed by atoms with E-state index < -0.39 is 0 Å². The molecule has 1 saturated heterocycles. The highest BCUT2D eigenvalue weighted by atomic mass is 16.2. The van der Waals surface area contributed by atoms with E-state index in [0.717, 1.165) is 30.0 Å². The summed E-state index contributed by atoms with van der Waals surface area (Å²) in [6.07, 6.45) is 10.6. The van der Waals surface area contributed by atoms with Gasteiger partial charge < -0.3 is 10.2 Å². The zero-order valence-corrected chi connectivity index (χ0v) is 23.0. The number of nitrogens with zero attached hydrogens (tertiary/aromatic N) is 7. The molecule has 1 aliphatic heterocycles. The van der Waals surface area contributed by atoms with E-state index in [2.05, 4.69) is 20.2 Å². The normalized spacial score (nSPS) is 16.6. The second-order valence-corrected chi connectivity index (χ2v) is 10.5. The average molecular weight is 529 g/mol. The Morgan fingerprint density at radius 1 is 1.13 bits per heavy atom. The van der Waals surface area contributed by atoms with Crippen molar-refractivity contribution in [1.82, 2.24) is 34.3 Å². The Hall–Kier alpha value is -4.21. The lowest BCUT2D eigenvalue weighted by molar-refractivity contribution is 0.0938. The molecule has 0 bridgehead atoms. The van der Waals surface area contributed by atoms with Crippen LogP contribution in [0.2, 0.25) is 0 Å². The van der Waals surface area contributed by atoms with Crippen LogP contribution in [-0.4, -0.2) is 54.0 Å². The van der Waals surface area contributed by atoms with Crippen LogP contribution in [0, 0.1) is 6.92 Å². The van der Waals surface area contributed by atoms with Gasteiger partial charge in [-0.05, 0) is 64.3 Å². The summed E-state index contributed by atoms with van der Waals surface area (Å²) in [5.41, 5.74) is 3.83. The van der Waals surface area contributed by atoms with Crippen LogP contribution in [0.3, 0.4) is 0 Å². The third kappa shape index (κ3) is 5.79. The summed E-state index contributed by atoms with van der Waals surface area (Å²) in [7, 11) is 1.82. The zero-order chi connectivity index (χ0) is 27.5. The first-order valence-electron chi connectivity index (χ1n) is 13.5. The Morgan fingerprint density at radius 2 is 1.90 bits per heavy atom. The number of carbonyl (C=O) groups excluding carboxylic acids is 1. The van der Waals surface area contributed by atoms with Crippen molar-refractivity contribution in [2.24, 2.45) is 7.05 Å². The number of nitrogens with one attached hydrogen (secondary N) is 1. The van der Waals surface area contributed by atoms with Gasteiger partial charge in [0.25, 0.3) is 11.5 Å². The maximum atomic E-state index is 13.1. The number of amides is 1. The summed E-state index contributed by atoms with van der Waals surface area (Å²) in [4.78, 5) is 36.4. The van der Waals surface area contributed by atoms with Crippen LogP contribution < -0.4 is 15.8 Å². The third-order valence-corrected chi connectivity index (χ3v) is 7.34. The Kier molecular flexibility index (Phi) is 7.63. The monoisotopic (exact) mass is 528 g/mol. The van der Waals surface area contributed by atoms with Crippen LogP contribution in [0.5, 0.6) is 0 Å². The Morgan fingerprint density at radius 3 is 2.54 bits per heavy atom. The SMILES string of the molecule is CC(C)=CCn1c(=O)c(C(=O)N[C@H]2CCN(c3ccc4ncc(C5CC5)n4n3)C2)c(C)n1C.c1ccncc1. The lowest BCUT2D eigenvalue weighted by Crippen LogP contribution is -2.39. The lowest BCUT2D eigenvalue weighted by Gasteiger charge is -2.18. The molecule has 1 atom stereocenters. The minimum atomic E-state index is -0.301. The second kappa shape index (κ2) is 11.3. The predicted molar refractivity (Wildman–Crippen MR) is 151 cm³/mol. The molecule has 1 aliphatic carbocycles. The van der Waals surface area contributed by atoms with E-state index in [0.29, 0.717) is 24.7 Å². The summed E-state index contributed by atoms with van der Waals surface area (Å²) in [6.45, 7) is 7.72. The number of aromatic nitrogens is 6. The zero-order valence-electron chi connectivity index (χ0n) is 23.0. The lowest BCUT2D eigenvalue weighted by atomic mass is 10.2. The van der Waals surface area contributed by atoms with E-state index in [1.165, 1.54) is 18.5 Å². The molecule has 1 N–H and O–H groups in total. The molecular formula is C29H36N8O2. The maximum Gasteiger partial charge on any atom is 0.280 e. The van der Waals surface area contributed by atoms with Crippen molar-refractivity contribution < 1.29 is 4.79 Å². The molecule has 0 unspecified atom stereocenters. The molecule has 10 heteroatoms. The molecule has 1 saturated carbocycles. The second-order valence-electron chi connectivity index (χ2n) is 10.5. The number of hydrogen-bond donors (Lipinski definition) is 1. The molecular weight excluding hydrogens is 492 g/mol. The number of fused-ring (bicyclic) bond motifs is 1. The van der Waals surface area contributed by atoms with Crippen molar-refractivity contribution in [3.63, 3.8) is 0 Å². The van der Waals surface area contributed by atoms with Gasteiger partial charge in [0.2, 0.25) is 0 Å². The molecule has 2 aliphatic rings. The van der Waals surface area contributed by atoms with Gasteiger partial charge in [-0.1, -0.05) is 17.7 Å². The quantitative estimate of drug-likeness (QED) is 0.385. The van der Waals surface area contributed by atoms with E-state index in [-0.39, 0.29) is 23.1 Å². The number of anilines is 1. The number of hydrogen-bond acceptors (Lipinski definition) is 6. The van der Waals surface area contributed by atoms with Crippen LogP contribution >= 0.6 is 0 Å². The van der Waals surface area contributed by atoms with Gasteiger partial charge in [0.1, 0.15) is 11.4 Å². The van der Waals surface area contributed by atoms with Gasteiger partial charge in [0.05, 0.1) is 18.4 Å². The fraction of sp³-hybridized carbons (Fsp3) is 0.414. The fourth-order valence-electron chi connectivity index (χ4n) is 4.86. The van der Waals surface area contributed by atoms with Gasteiger partial charge in [-0.3, -0.25) is 19.3 Å². The van der Waals surface area contributed by atoms with Crippen LogP contribution in [0.4, 0.5) is 5.82 Å². The van der Waals surface area contributed by atoms with E-state index >= 15 is 0 Å². The Bertz CT molecular complexity index is 1510. The summed E-state index contributed by atoms with van der Waals surface area (Å²) < 4.78 is 5.32. The standard InChI is InChI=1S/C24H31N7O2.C5H5N/c1-15(2)9-12-30-24(33)22(16(3)28(30)4)23(32)26-18-10-11-29(14-18)21-8-7-20-25-13-19(17-5-6-17)31(20)27-21;1-2-4-6-5-3-1/h7-9,13,17-18H,5-6,10-12,14H2,1-4H3,(H,26,32);1-5H/t18-;/m0./s1. The molecule has 6 rings (SSSR count). The van der Waals surface area contributed by atoms with Crippen molar-refractivity contribution in [2.75, 3.05) is 18.0 Å². The molecule has 0 aromatic carbocycles. The van der Waals surface area contributed by atoms with Crippen molar-refractivity contribution in [3.05, 3.63) is 87.9 Å². The number of carbonyl (C=O) groups is 1. The van der Waals surface area contributed by atoms with Crippen LogP contribution in [0.25, 0.3) is 5.65 Å². The molecule has 4 aromatic heterocycles. The largest absolute Gasteiger partial charge is 0.353 e. The van der Waals surface area contributed by atoms with Crippen LogP contribution in [0.15, 0.2) is 65.4 Å². The fourth-order valence-corrected chi connectivity index (χ4v) is 4.86. The minimum Gasteiger partial charge on any atom is -0.353 e. The van der Waals surface area contributed by atoms with Gasteiger partial charge in [0.15, 0.2) is 5.65 Å². The van der Waals surface area contributed by atoms with E-state index in [9.17, 15) is 9.59 Å². The first-order valence-corrected chi connectivity index (χ1v) is 13.5. The van der Waals surface area contributed by atoms with Gasteiger partial charge in [0, 0.05) is 50.2 Å². The molecule has 2 fully saturated rings. The van der Waals surface area contributed by atoms with E-state index in [1.807, 2.05) is 74.9 Å².